The molecule has 2 heterocycles. The summed E-state index contributed by atoms with van der Waals surface area (Å²) in [6.07, 6.45) is 3.05. The van der Waals surface area contributed by atoms with E-state index in [0.717, 1.165) is 32.5 Å². The smallest absolute Gasteiger partial charge is 0.260 e. The molecule has 1 aliphatic heterocycles. The Labute approximate surface area is 113 Å². The van der Waals surface area contributed by atoms with Crippen molar-refractivity contribution in [3.63, 3.8) is 0 Å². The van der Waals surface area contributed by atoms with Gasteiger partial charge in [0.2, 0.25) is 0 Å². The third kappa shape index (κ3) is 3.07. The minimum absolute atomic E-state index is 0.0258. The van der Waals surface area contributed by atoms with Crippen molar-refractivity contribution in [3.05, 3.63) is 6.33 Å². The Morgan fingerprint density at radius 1 is 1.47 bits per heavy atom. The molecule has 1 aromatic rings. The quantitative estimate of drug-likeness (QED) is 0.797. The summed E-state index contributed by atoms with van der Waals surface area (Å²) >= 11 is 0. The molecule has 1 saturated heterocycles. The van der Waals surface area contributed by atoms with Crippen molar-refractivity contribution in [3.8, 4) is 0 Å². The molecule has 19 heavy (non-hydrogen) atoms. The van der Waals surface area contributed by atoms with E-state index in [0.29, 0.717) is 0 Å². The van der Waals surface area contributed by atoms with Crippen LogP contribution in [0.15, 0.2) is 11.4 Å². The number of nitrogens with one attached hydrogen (secondary N) is 1. The number of sulfonamides is 1. The van der Waals surface area contributed by atoms with Crippen LogP contribution in [0.2, 0.25) is 0 Å². The zero-order chi connectivity index (χ0) is 14.0. The third-order valence-electron chi connectivity index (χ3n) is 3.52. The normalized spacial score (nSPS) is 18.8. The SMILES string of the molecule is CCN1CCC(NS(=O)(=O)c2c(N)ncn2C)CC1. The first-order chi connectivity index (χ1) is 8.94. The summed E-state index contributed by atoms with van der Waals surface area (Å²) in [6, 6.07) is -0.0258. The predicted octanol–water partition coefficient (Wildman–Crippen LogP) is -0.235. The molecule has 1 aromatic heterocycles. The number of hydrogen-bond acceptors (Lipinski definition) is 5. The lowest BCUT2D eigenvalue weighted by atomic mass is 10.1. The second-order valence-electron chi connectivity index (χ2n) is 4.88. The van der Waals surface area contributed by atoms with Crippen LogP contribution in [0, 0.1) is 0 Å². The van der Waals surface area contributed by atoms with Crippen molar-refractivity contribution in [2.75, 3.05) is 25.4 Å². The maximum atomic E-state index is 12.3. The maximum absolute atomic E-state index is 12.3. The minimum Gasteiger partial charge on any atom is -0.381 e. The van der Waals surface area contributed by atoms with Gasteiger partial charge in [0.1, 0.15) is 0 Å². The lowest BCUT2D eigenvalue weighted by Crippen LogP contribution is -2.44. The molecule has 1 fully saturated rings. The van der Waals surface area contributed by atoms with Crippen LogP contribution in [0.4, 0.5) is 5.82 Å². The van der Waals surface area contributed by atoms with Crippen molar-refractivity contribution in [2.24, 2.45) is 7.05 Å². The third-order valence-corrected chi connectivity index (χ3v) is 5.17. The number of anilines is 1. The van der Waals surface area contributed by atoms with Crippen LogP contribution >= 0.6 is 0 Å². The molecule has 0 saturated carbocycles. The lowest BCUT2D eigenvalue weighted by molar-refractivity contribution is 0.217. The zero-order valence-corrected chi connectivity index (χ0v) is 12.2. The van der Waals surface area contributed by atoms with E-state index in [1.54, 1.807) is 7.05 Å². The van der Waals surface area contributed by atoms with Crippen LogP contribution in [0.5, 0.6) is 0 Å². The average molecular weight is 287 g/mol. The van der Waals surface area contributed by atoms with E-state index in [1.807, 2.05) is 0 Å². The molecule has 1 aliphatic rings. The molecule has 108 valence electrons. The van der Waals surface area contributed by atoms with E-state index in [9.17, 15) is 8.42 Å². The first-order valence-corrected chi connectivity index (χ1v) is 7.94. The number of nitrogens with two attached hydrogens (primary N) is 1. The number of nitrogen functional groups attached to an aromatic ring is 1. The summed E-state index contributed by atoms with van der Waals surface area (Å²) in [6.45, 7) is 4.96. The van der Waals surface area contributed by atoms with Gasteiger partial charge < -0.3 is 15.2 Å². The van der Waals surface area contributed by atoms with Gasteiger partial charge in [-0.25, -0.2) is 18.1 Å². The van der Waals surface area contributed by atoms with E-state index in [2.05, 4.69) is 21.5 Å². The molecule has 0 amide bonds. The van der Waals surface area contributed by atoms with Gasteiger partial charge in [0.05, 0.1) is 6.33 Å². The summed E-state index contributed by atoms with van der Waals surface area (Å²) in [5, 5.41) is 0.0467. The first-order valence-electron chi connectivity index (χ1n) is 6.45. The summed E-state index contributed by atoms with van der Waals surface area (Å²) in [4.78, 5) is 6.12. The number of rotatable bonds is 4. The molecular weight excluding hydrogens is 266 g/mol. The molecule has 0 spiro atoms. The number of nitrogens with zero attached hydrogens (tertiary/aromatic N) is 3. The Hall–Kier alpha value is -1.12. The highest BCUT2D eigenvalue weighted by atomic mass is 32.2. The van der Waals surface area contributed by atoms with Crippen LogP contribution in [-0.2, 0) is 17.1 Å². The molecule has 0 atom stereocenters. The first kappa shape index (κ1) is 14.3. The fourth-order valence-corrected chi connectivity index (χ4v) is 3.95. The average Bonchev–Trinajstić information content (AvgIpc) is 2.70. The Balaban J connectivity index is 2.07. The number of aryl methyl sites for hydroxylation is 1. The second kappa shape index (κ2) is 5.48. The minimum atomic E-state index is -3.60. The molecule has 2 rings (SSSR count). The fraction of sp³-hybridized carbons (Fsp3) is 0.727. The number of likely N-dealkylation sites (tertiary alicyclic amines) is 1. The van der Waals surface area contributed by atoms with Crippen molar-refractivity contribution < 1.29 is 8.42 Å². The van der Waals surface area contributed by atoms with Crippen molar-refractivity contribution in [2.45, 2.75) is 30.8 Å². The van der Waals surface area contributed by atoms with Crippen molar-refractivity contribution in [1.29, 1.82) is 0 Å². The topological polar surface area (TPSA) is 93.2 Å². The van der Waals surface area contributed by atoms with Gasteiger partial charge >= 0.3 is 0 Å². The molecule has 0 unspecified atom stereocenters. The van der Waals surface area contributed by atoms with Gasteiger partial charge in [-0.3, -0.25) is 0 Å². The Morgan fingerprint density at radius 3 is 2.58 bits per heavy atom. The Kier molecular flexibility index (Phi) is 4.12. The van der Waals surface area contributed by atoms with Crippen LogP contribution in [0.25, 0.3) is 0 Å². The standard InChI is InChI=1S/C11H21N5O2S/c1-3-16-6-4-9(5-7-16)14-19(17,18)11-10(12)13-8-15(11)2/h8-9,14H,3-7,12H2,1-2H3. The molecule has 0 aliphatic carbocycles. The van der Waals surface area contributed by atoms with Gasteiger partial charge in [0, 0.05) is 13.1 Å². The molecular formula is C11H21N5O2S. The lowest BCUT2D eigenvalue weighted by Gasteiger charge is -2.31. The van der Waals surface area contributed by atoms with Gasteiger partial charge in [0.25, 0.3) is 10.0 Å². The van der Waals surface area contributed by atoms with Crippen LogP contribution in [-0.4, -0.2) is 48.5 Å². The van der Waals surface area contributed by atoms with Gasteiger partial charge in [-0.15, -0.1) is 0 Å². The van der Waals surface area contributed by atoms with Gasteiger partial charge in [-0.1, -0.05) is 6.92 Å². The van der Waals surface area contributed by atoms with E-state index >= 15 is 0 Å². The number of hydrogen-bond donors (Lipinski definition) is 2. The number of piperidine rings is 1. The van der Waals surface area contributed by atoms with E-state index in [-0.39, 0.29) is 16.9 Å². The molecule has 0 bridgehead atoms. The molecule has 7 nitrogen and oxygen atoms in total. The highest BCUT2D eigenvalue weighted by Crippen LogP contribution is 2.18. The van der Waals surface area contributed by atoms with E-state index in [4.69, 9.17) is 5.73 Å². The number of imidazole rings is 1. The van der Waals surface area contributed by atoms with E-state index < -0.39 is 10.0 Å². The Morgan fingerprint density at radius 2 is 2.11 bits per heavy atom. The molecule has 0 radical (unpaired) electrons. The van der Waals surface area contributed by atoms with Crippen molar-refractivity contribution >= 4 is 15.8 Å². The molecule has 8 heteroatoms. The fourth-order valence-electron chi connectivity index (χ4n) is 2.41. The number of aromatic nitrogens is 2. The maximum Gasteiger partial charge on any atom is 0.260 e. The summed E-state index contributed by atoms with van der Waals surface area (Å²) in [5.41, 5.74) is 5.62. The van der Waals surface area contributed by atoms with Gasteiger partial charge in [-0.05, 0) is 32.5 Å². The van der Waals surface area contributed by atoms with Gasteiger partial charge in [0.15, 0.2) is 10.8 Å². The molecule has 0 aromatic carbocycles. The van der Waals surface area contributed by atoms with Crippen molar-refractivity contribution in [1.82, 2.24) is 19.2 Å². The largest absolute Gasteiger partial charge is 0.381 e. The second-order valence-corrected chi connectivity index (χ2v) is 6.50. The highest BCUT2D eigenvalue weighted by molar-refractivity contribution is 7.89. The Bertz CT molecular complexity index is 512. The van der Waals surface area contributed by atoms with E-state index in [1.165, 1.54) is 10.9 Å². The van der Waals surface area contributed by atoms with Crippen LogP contribution in [0.3, 0.4) is 0 Å². The molecule has 3 N–H and O–H groups in total. The predicted molar refractivity (Wildman–Crippen MR) is 73.1 cm³/mol. The summed E-state index contributed by atoms with van der Waals surface area (Å²) in [5.74, 6) is 0.0426. The van der Waals surface area contributed by atoms with Crippen LogP contribution in [0.1, 0.15) is 19.8 Å². The monoisotopic (exact) mass is 287 g/mol. The summed E-state index contributed by atoms with van der Waals surface area (Å²) in [7, 11) is -1.97. The summed E-state index contributed by atoms with van der Waals surface area (Å²) < 4.78 is 28.7. The zero-order valence-electron chi connectivity index (χ0n) is 11.3. The van der Waals surface area contributed by atoms with Crippen LogP contribution < -0.4 is 10.5 Å². The van der Waals surface area contributed by atoms with Gasteiger partial charge in [-0.2, -0.15) is 0 Å². The highest BCUT2D eigenvalue weighted by Gasteiger charge is 2.27.